The summed E-state index contributed by atoms with van der Waals surface area (Å²) in [4.78, 5) is 30.6. The second-order valence-corrected chi connectivity index (χ2v) is 2.38. The van der Waals surface area contributed by atoms with Crippen LogP contribution in [0.25, 0.3) is 0 Å². The molecule has 0 fully saturated rings. The highest BCUT2D eigenvalue weighted by Gasteiger charge is 2.20. The first kappa shape index (κ1) is 12.3. The highest BCUT2D eigenvalue weighted by atomic mass is 16.4. The van der Waals surface area contributed by atoms with Crippen LogP contribution in [-0.4, -0.2) is 45.8 Å². The Balaban J connectivity index is 3.91. The molecule has 0 aromatic heterocycles. The van der Waals surface area contributed by atoms with Crippen LogP contribution in [0.1, 0.15) is 6.42 Å². The third-order valence-corrected chi connectivity index (χ3v) is 1.19. The van der Waals surface area contributed by atoms with Gasteiger partial charge in [0.15, 0.2) is 0 Å². The van der Waals surface area contributed by atoms with Gasteiger partial charge in [0.2, 0.25) is 0 Å². The second-order valence-electron chi connectivity index (χ2n) is 2.38. The van der Waals surface area contributed by atoms with Gasteiger partial charge in [-0.05, 0) is 0 Å². The number of nitrogens with one attached hydrogen (secondary N) is 2. The summed E-state index contributed by atoms with van der Waals surface area (Å²) in [6, 6.07) is -1.35. The summed E-state index contributed by atoms with van der Waals surface area (Å²) in [5.74, 6) is -3.84. The van der Waals surface area contributed by atoms with Crippen molar-refractivity contribution in [3.63, 3.8) is 0 Å². The Morgan fingerprint density at radius 2 is 1.64 bits per heavy atom. The van der Waals surface area contributed by atoms with Crippen LogP contribution in [0.2, 0.25) is 0 Å². The predicted molar refractivity (Wildman–Crippen MR) is 42.5 cm³/mol. The summed E-state index contributed by atoms with van der Waals surface area (Å²) >= 11 is 0. The third-order valence-electron chi connectivity index (χ3n) is 1.19. The lowest BCUT2D eigenvalue weighted by atomic mass is 10.2. The van der Waals surface area contributed by atoms with Crippen molar-refractivity contribution in [2.24, 2.45) is 0 Å². The molecule has 0 aromatic carbocycles. The number of hydrazine groups is 1. The molecule has 0 saturated carbocycles. The van der Waals surface area contributed by atoms with Gasteiger partial charge in [0.05, 0.1) is 6.42 Å². The van der Waals surface area contributed by atoms with Crippen molar-refractivity contribution in [2.75, 3.05) is 6.54 Å². The molecule has 5 N–H and O–H groups in total. The first-order chi connectivity index (χ1) is 6.43. The monoisotopic (exact) mass is 206 g/mol. The molecule has 0 unspecified atom stereocenters. The van der Waals surface area contributed by atoms with E-state index in [2.05, 4.69) is 10.9 Å². The van der Waals surface area contributed by atoms with E-state index in [1.165, 1.54) is 0 Å². The minimum absolute atomic E-state index is 0.497. The summed E-state index contributed by atoms with van der Waals surface area (Å²) < 4.78 is 0. The molecule has 0 rings (SSSR count). The smallest absolute Gasteiger partial charge is 0.322 e. The minimum atomic E-state index is -1.37. The minimum Gasteiger partial charge on any atom is -0.481 e. The topological polar surface area (TPSA) is 136 Å². The molecule has 0 amide bonds. The van der Waals surface area contributed by atoms with Gasteiger partial charge in [-0.1, -0.05) is 0 Å². The first-order valence-electron chi connectivity index (χ1n) is 3.58. The fraction of sp³-hybridized carbons (Fsp3) is 0.500. The zero-order chi connectivity index (χ0) is 11.1. The molecule has 0 aromatic rings. The number of hydrogen-bond acceptors (Lipinski definition) is 5. The Hall–Kier alpha value is -1.67. The van der Waals surface area contributed by atoms with Gasteiger partial charge < -0.3 is 15.3 Å². The van der Waals surface area contributed by atoms with Gasteiger partial charge in [0, 0.05) is 0 Å². The van der Waals surface area contributed by atoms with Crippen LogP contribution in [0.15, 0.2) is 0 Å². The van der Waals surface area contributed by atoms with Gasteiger partial charge in [-0.15, -0.1) is 0 Å². The lowest BCUT2D eigenvalue weighted by molar-refractivity contribution is -0.146. The van der Waals surface area contributed by atoms with Crippen molar-refractivity contribution >= 4 is 17.9 Å². The molecule has 1 atom stereocenters. The van der Waals surface area contributed by atoms with Crippen molar-refractivity contribution in [1.29, 1.82) is 0 Å². The second kappa shape index (κ2) is 5.89. The molecule has 0 bridgehead atoms. The highest BCUT2D eigenvalue weighted by Crippen LogP contribution is 1.90. The Morgan fingerprint density at radius 1 is 1.07 bits per heavy atom. The van der Waals surface area contributed by atoms with Crippen molar-refractivity contribution in [3.05, 3.63) is 0 Å². The van der Waals surface area contributed by atoms with Crippen LogP contribution in [0, 0.1) is 0 Å². The largest absolute Gasteiger partial charge is 0.481 e. The van der Waals surface area contributed by atoms with E-state index < -0.39 is 36.9 Å². The molecule has 14 heavy (non-hydrogen) atoms. The Morgan fingerprint density at radius 3 is 2.00 bits per heavy atom. The fourth-order valence-corrected chi connectivity index (χ4v) is 0.625. The van der Waals surface area contributed by atoms with E-state index >= 15 is 0 Å². The molecule has 8 nitrogen and oxygen atoms in total. The molecule has 0 saturated heterocycles. The molecule has 0 aliphatic rings. The summed E-state index contributed by atoms with van der Waals surface area (Å²) in [6.07, 6.45) is -0.637. The maximum Gasteiger partial charge on any atom is 0.322 e. The molecule has 8 heteroatoms. The van der Waals surface area contributed by atoms with Gasteiger partial charge in [0.25, 0.3) is 0 Å². The van der Waals surface area contributed by atoms with E-state index in [-0.39, 0.29) is 0 Å². The molecule has 0 aliphatic carbocycles. The molecule has 0 spiro atoms. The predicted octanol–water partition coefficient (Wildman–Crippen LogP) is -1.91. The van der Waals surface area contributed by atoms with Crippen LogP contribution in [0.4, 0.5) is 0 Å². The van der Waals surface area contributed by atoms with E-state index in [1.54, 1.807) is 0 Å². The van der Waals surface area contributed by atoms with Crippen molar-refractivity contribution in [2.45, 2.75) is 12.5 Å². The molecule has 0 heterocycles. The summed E-state index contributed by atoms with van der Waals surface area (Å²) in [5.41, 5.74) is 4.15. The number of rotatable bonds is 7. The van der Waals surface area contributed by atoms with Crippen molar-refractivity contribution < 1.29 is 29.7 Å². The number of hydrogen-bond donors (Lipinski definition) is 5. The lowest BCUT2D eigenvalue weighted by Crippen LogP contribution is -2.48. The molecule has 80 valence electrons. The van der Waals surface area contributed by atoms with Crippen molar-refractivity contribution in [3.8, 4) is 0 Å². The van der Waals surface area contributed by atoms with Crippen LogP contribution in [0.5, 0.6) is 0 Å². The van der Waals surface area contributed by atoms with E-state index in [1.807, 2.05) is 0 Å². The molecule has 0 radical (unpaired) electrons. The fourth-order valence-electron chi connectivity index (χ4n) is 0.625. The quantitative estimate of drug-likeness (QED) is 0.304. The zero-order valence-electron chi connectivity index (χ0n) is 7.06. The summed E-state index contributed by atoms with van der Waals surface area (Å²) in [7, 11) is 0. The average Bonchev–Trinajstić information content (AvgIpc) is 2.00. The maximum absolute atomic E-state index is 10.4. The standard InChI is InChI=1S/C6H10N2O6/c9-4(10)1-3(6(13)14)8-7-2-5(11)12/h3,7-8H,1-2H2,(H,9,10)(H,11,12)(H,13,14)/t3-/m0/s1. The van der Waals surface area contributed by atoms with E-state index in [0.717, 1.165) is 0 Å². The van der Waals surface area contributed by atoms with Crippen LogP contribution >= 0.6 is 0 Å². The van der Waals surface area contributed by atoms with E-state index in [0.29, 0.717) is 0 Å². The van der Waals surface area contributed by atoms with Crippen LogP contribution in [0.3, 0.4) is 0 Å². The van der Waals surface area contributed by atoms with Gasteiger partial charge in [-0.2, -0.15) is 0 Å². The van der Waals surface area contributed by atoms with E-state index in [4.69, 9.17) is 15.3 Å². The third kappa shape index (κ3) is 5.91. The van der Waals surface area contributed by atoms with Gasteiger partial charge >= 0.3 is 17.9 Å². The van der Waals surface area contributed by atoms with Gasteiger partial charge in [-0.25, -0.2) is 10.9 Å². The van der Waals surface area contributed by atoms with Gasteiger partial charge in [0.1, 0.15) is 12.6 Å². The maximum atomic E-state index is 10.4. The first-order valence-corrected chi connectivity index (χ1v) is 3.58. The number of carbonyl (C=O) groups is 3. The summed E-state index contributed by atoms with van der Waals surface area (Å²) in [6.45, 7) is -0.497. The summed E-state index contributed by atoms with van der Waals surface area (Å²) in [5, 5.41) is 24.9. The number of carboxylic acid groups (broad SMARTS) is 3. The van der Waals surface area contributed by atoms with Crippen LogP contribution < -0.4 is 10.9 Å². The molecular weight excluding hydrogens is 196 g/mol. The molecular formula is C6H10N2O6. The highest BCUT2D eigenvalue weighted by molar-refractivity contribution is 5.80. The zero-order valence-corrected chi connectivity index (χ0v) is 7.06. The number of aliphatic carboxylic acids is 3. The Bertz CT molecular complexity index is 240. The van der Waals surface area contributed by atoms with Crippen molar-refractivity contribution in [1.82, 2.24) is 10.9 Å². The molecule has 0 aliphatic heterocycles. The lowest BCUT2D eigenvalue weighted by Gasteiger charge is -2.11. The average molecular weight is 206 g/mol. The SMILES string of the molecule is O=C(O)CNN[C@@H](CC(=O)O)C(=O)O. The van der Waals surface area contributed by atoms with Crippen LogP contribution in [-0.2, 0) is 14.4 Å². The normalized spacial score (nSPS) is 12.0. The Kier molecular flexibility index (Phi) is 5.19. The van der Waals surface area contributed by atoms with E-state index in [9.17, 15) is 14.4 Å². The number of carboxylic acids is 3. The Labute approximate surface area is 78.5 Å². The van der Waals surface area contributed by atoms with Gasteiger partial charge in [-0.3, -0.25) is 14.4 Å².